The zero-order valence-electron chi connectivity index (χ0n) is 12.8. The van der Waals surface area contributed by atoms with Crippen LogP contribution in [0.3, 0.4) is 0 Å². The summed E-state index contributed by atoms with van der Waals surface area (Å²) in [4.78, 5) is 4.05. The van der Waals surface area contributed by atoms with Gasteiger partial charge in [0.25, 0.3) is 0 Å². The summed E-state index contributed by atoms with van der Waals surface area (Å²) in [5, 5.41) is 0. The fraction of sp³-hybridized carbons (Fsp3) is 0.647. The summed E-state index contributed by atoms with van der Waals surface area (Å²) >= 11 is 1.98. The molecule has 1 saturated heterocycles. The van der Waals surface area contributed by atoms with Crippen LogP contribution in [0.4, 0.5) is 0 Å². The van der Waals surface area contributed by atoms with E-state index in [-0.39, 0.29) is 0 Å². The molecule has 3 rings (SSSR count). The van der Waals surface area contributed by atoms with E-state index in [9.17, 15) is 0 Å². The van der Waals surface area contributed by atoms with Crippen LogP contribution >= 0.6 is 11.8 Å². The maximum atomic E-state index is 5.63. The van der Waals surface area contributed by atoms with Crippen LogP contribution in [0.25, 0.3) is 0 Å². The first-order valence-electron chi connectivity index (χ1n) is 7.76. The Bertz CT molecular complexity index is 488. The molecule has 0 aromatic heterocycles. The van der Waals surface area contributed by atoms with Crippen LogP contribution < -0.4 is 4.74 Å². The highest BCUT2D eigenvalue weighted by Gasteiger charge is 2.35. The lowest BCUT2D eigenvalue weighted by atomic mass is 9.75. The molecule has 1 aromatic rings. The lowest BCUT2D eigenvalue weighted by Gasteiger charge is -2.43. The van der Waals surface area contributed by atoms with Gasteiger partial charge < -0.3 is 9.64 Å². The minimum absolute atomic E-state index is 0.715. The summed E-state index contributed by atoms with van der Waals surface area (Å²) in [5.41, 5.74) is 3.05. The molecule has 0 saturated carbocycles. The van der Waals surface area contributed by atoms with E-state index in [1.54, 1.807) is 12.7 Å². The Balaban J connectivity index is 2.00. The van der Waals surface area contributed by atoms with Crippen LogP contribution in [0, 0.1) is 5.92 Å². The molecule has 1 fully saturated rings. The number of piperidine rings is 1. The molecule has 2 nitrogen and oxygen atoms in total. The van der Waals surface area contributed by atoms with Crippen molar-refractivity contribution in [1.29, 1.82) is 0 Å². The third kappa shape index (κ3) is 2.46. The topological polar surface area (TPSA) is 12.5 Å². The highest BCUT2D eigenvalue weighted by molar-refractivity contribution is 7.99. The van der Waals surface area contributed by atoms with Gasteiger partial charge in [-0.3, -0.25) is 0 Å². The molecule has 20 heavy (non-hydrogen) atoms. The molecule has 1 aliphatic heterocycles. The van der Waals surface area contributed by atoms with Crippen LogP contribution in [0.1, 0.15) is 30.9 Å². The highest BCUT2D eigenvalue weighted by atomic mass is 32.2. The van der Waals surface area contributed by atoms with Gasteiger partial charge in [0, 0.05) is 10.9 Å². The van der Waals surface area contributed by atoms with Gasteiger partial charge >= 0.3 is 0 Å². The Morgan fingerprint density at radius 1 is 1.30 bits per heavy atom. The van der Waals surface area contributed by atoms with Crippen molar-refractivity contribution in [2.45, 2.75) is 43.5 Å². The van der Waals surface area contributed by atoms with Crippen molar-refractivity contribution in [3.63, 3.8) is 0 Å². The van der Waals surface area contributed by atoms with Gasteiger partial charge in [-0.15, -0.1) is 11.8 Å². The standard InChI is InChI=1S/C17H25NOS/c1-4-20-17-8-7-16(19-3)13-11-15-12(10-14(13)17)6-5-9-18(15)2/h7-8,12,15H,4-6,9-11H2,1-3H3/t12-,15-/m1/s1. The second kappa shape index (κ2) is 5.98. The number of likely N-dealkylation sites (N-methyl/N-ethyl adjacent to an activating group) is 1. The Hall–Kier alpha value is -0.670. The van der Waals surface area contributed by atoms with Crippen molar-refractivity contribution >= 4 is 11.8 Å². The lowest BCUT2D eigenvalue weighted by molar-refractivity contribution is 0.111. The second-order valence-electron chi connectivity index (χ2n) is 6.01. The first kappa shape index (κ1) is 14.3. The number of benzene rings is 1. The van der Waals surface area contributed by atoms with Crippen LogP contribution in [-0.4, -0.2) is 37.4 Å². The Morgan fingerprint density at radius 3 is 2.90 bits per heavy atom. The van der Waals surface area contributed by atoms with Crippen molar-refractivity contribution in [1.82, 2.24) is 4.90 Å². The molecule has 0 N–H and O–H groups in total. The monoisotopic (exact) mass is 291 g/mol. The van der Waals surface area contributed by atoms with Gasteiger partial charge in [0.15, 0.2) is 0 Å². The Morgan fingerprint density at radius 2 is 2.15 bits per heavy atom. The van der Waals surface area contributed by atoms with Crippen LogP contribution in [-0.2, 0) is 12.8 Å². The fourth-order valence-corrected chi connectivity index (χ4v) is 4.79. The minimum atomic E-state index is 0.715. The number of nitrogens with zero attached hydrogens (tertiary/aromatic N) is 1. The quantitative estimate of drug-likeness (QED) is 0.789. The van der Waals surface area contributed by atoms with Crippen molar-refractivity contribution in [2.75, 3.05) is 26.5 Å². The van der Waals surface area contributed by atoms with Crippen LogP contribution in [0.5, 0.6) is 5.75 Å². The summed E-state index contributed by atoms with van der Waals surface area (Å²) in [6.07, 6.45) is 5.15. The van der Waals surface area contributed by atoms with Crippen LogP contribution in [0.2, 0.25) is 0 Å². The number of likely N-dealkylation sites (tertiary alicyclic amines) is 1. The third-order valence-electron chi connectivity index (χ3n) is 4.94. The molecule has 0 amide bonds. The Labute approximate surface area is 126 Å². The molecule has 2 aliphatic rings. The average molecular weight is 291 g/mol. The molecule has 0 spiro atoms. The summed E-state index contributed by atoms with van der Waals surface area (Å²) in [7, 11) is 4.10. The van der Waals surface area contributed by atoms with E-state index >= 15 is 0 Å². The largest absolute Gasteiger partial charge is 0.496 e. The average Bonchev–Trinajstić information content (AvgIpc) is 2.47. The number of ether oxygens (including phenoxy) is 1. The van der Waals surface area contributed by atoms with Crippen molar-refractivity contribution in [2.24, 2.45) is 5.92 Å². The fourth-order valence-electron chi connectivity index (χ4n) is 3.93. The molecule has 0 bridgehead atoms. The number of fused-ring (bicyclic) bond motifs is 2. The summed E-state index contributed by atoms with van der Waals surface area (Å²) in [6.45, 7) is 3.49. The summed E-state index contributed by atoms with van der Waals surface area (Å²) < 4.78 is 5.63. The van der Waals surface area contributed by atoms with E-state index < -0.39 is 0 Å². The molecule has 2 atom stereocenters. The van der Waals surface area contributed by atoms with E-state index in [0.717, 1.165) is 23.8 Å². The molecule has 110 valence electrons. The van der Waals surface area contributed by atoms with E-state index in [2.05, 4.69) is 31.0 Å². The van der Waals surface area contributed by atoms with Gasteiger partial charge in [-0.1, -0.05) is 6.92 Å². The van der Waals surface area contributed by atoms with E-state index in [1.165, 1.54) is 36.3 Å². The first-order chi connectivity index (χ1) is 9.74. The Kier molecular flexibility index (Phi) is 4.27. The lowest BCUT2D eigenvalue weighted by Crippen LogP contribution is -2.47. The van der Waals surface area contributed by atoms with Crippen LogP contribution in [0.15, 0.2) is 17.0 Å². The smallest absolute Gasteiger partial charge is 0.122 e. The normalized spacial score (nSPS) is 25.9. The highest BCUT2D eigenvalue weighted by Crippen LogP contribution is 2.41. The predicted molar refractivity (Wildman–Crippen MR) is 85.9 cm³/mol. The van der Waals surface area contributed by atoms with Crippen molar-refractivity contribution in [3.05, 3.63) is 23.3 Å². The molecule has 0 radical (unpaired) electrons. The van der Waals surface area contributed by atoms with Gasteiger partial charge in [0.2, 0.25) is 0 Å². The number of hydrogen-bond donors (Lipinski definition) is 0. The molecule has 3 heteroatoms. The molecule has 1 aliphatic carbocycles. The number of thioether (sulfide) groups is 1. The van der Waals surface area contributed by atoms with Gasteiger partial charge in [-0.2, -0.15) is 0 Å². The minimum Gasteiger partial charge on any atom is -0.496 e. The number of methoxy groups -OCH3 is 1. The van der Waals surface area contributed by atoms with Gasteiger partial charge in [-0.25, -0.2) is 0 Å². The maximum Gasteiger partial charge on any atom is 0.122 e. The number of hydrogen-bond acceptors (Lipinski definition) is 3. The first-order valence-corrected chi connectivity index (χ1v) is 8.75. The molecule has 1 aromatic carbocycles. The second-order valence-corrected chi connectivity index (χ2v) is 7.32. The molecular formula is C17H25NOS. The maximum absolute atomic E-state index is 5.63. The summed E-state index contributed by atoms with van der Waals surface area (Å²) in [6, 6.07) is 5.14. The van der Waals surface area contributed by atoms with Crippen molar-refractivity contribution in [3.8, 4) is 5.75 Å². The molecule has 0 unspecified atom stereocenters. The zero-order chi connectivity index (χ0) is 14.1. The predicted octanol–water partition coefficient (Wildman–Crippen LogP) is 3.62. The molecule has 1 heterocycles. The van der Waals surface area contributed by atoms with E-state index in [4.69, 9.17) is 4.74 Å². The van der Waals surface area contributed by atoms with Crippen molar-refractivity contribution < 1.29 is 4.74 Å². The SMILES string of the molecule is CCSc1ccc(OC)c2c1C[C@H]1CCCN(C)[C@@H]1C2. The zero-order valence-corrected chi connectivity index (χ0v) is 13.6. The van der Waals surface area contributed by atoms with Gasteiger partial charge in [-0.05, 0) is 74.2 Å². The van der Waals surface area contributed by atoms with Gasteiger partial charge in [0.1, 0.15) is 5.75 Å². The van der Waals surface area contributed by atoms with E-state index in [1.807, 2.05) is 11.8 Å². The van der Waals surface area contributed by atoms with Gasteiger partial charge in [0.05, 0.1) is 7.11 Å². The van der Waals surface area contributed by atoms with E-state index in [0.29, 0.717) is 6.04 Å². The third-order valence-corrected chi connectivity index (χ3v) is 5.92. The summed E-state index contributed by atoms with van der Waals surface area (Å²) in [5.74, 6) is 3.08. The number of rotatable bonds is 3. The molecular weight excluding hydrogens is 266 g/mol.